The number of H-pyrrole nitrogens is 1. The number of nitrogens with zero attached hydrogens (tertiary/aromatic N) is 1. The van der Waals surface area contributed by atoms with Crippen LogP contribution >= 0.6 is 11.6 Å². The van der Waals surface area contributed by atoms with Crippen molar-refractivity contribution in [2.45, 2.75) is 24.8 Å². The summed E-state index contributed by atoms with van der Waals surface area (Å²) in [6, 6.07) is 19.3. The number of carbonyl (C=O) groups is 2. The maximum atomic E-state index is 14.8. The molecule has 0 unspecified atom stereocenters. The summed E-state index contributed by atoms with van der Waals surface area (Å²) in [5.41, 5.74) is 0.505. The minimum atomic E-state index is -4.48. The van der Waals surface area contributed by atoms with Crippen LogP contribution in [0.15, 0.2) is 94.7 Å². The Morgan fingerprint density at radius 1 is 1.02 bits per heavy atom. The molecular formula is C31H25ClFN3O6S. The average molecular weight is 622 g/mol. The molecule has 0 saturated heterocycles. The molecule has 9 nitrogen and oxygen atoms in total. The van der Waals surface area contributed by atoms with Crippen molar-refractivity contribution in [3.63, 3.8) is 0 Å². The first-order valence-corrected chi connectivity index (χ1v) is 15.0. The molecule has 0 atom stereocenters. The molecule has 2 aromatic heterocycles. The lowest BCUT2D eigenvalue weighted by molar-refractivity contribution is -0.142. The molecule has 0 aliphatic carbocycles. The molecule has 3 aromatic carbocycles. The van der Waals surface area contributed by atoms with Crippen LogP contribution in [0.1, 0.15) is 28.5 Å². The van der Waals surface area contributed by atoms with Gasteiger partial charge in [-0.3, -0.25) is 14.4 Å². The zero-order chi connectivity index (χ0) is 30.7. The minimum absolute atomic E-state index is 0.0843. The van der Waals surface area contributed by atoms with E-state index >= 15 is 0 Å². The van der Waals surface area contributed by atoms with E-state index in [0.717, 1.165) is 0 Å². The molecular weight excluding hydrogens is 597 g/mol. The first kappa shape index (κ1) is 29.7. The van der Waals surface area contributed by atoms with Crippen LogP contribution in [-0.2, 0) is 32.5 Å². The molecule has 0 spiro atoms. The lowest BCUT2D eigenvalue weighted by Crippen LogP contribution is -2.33. The van der Waals surface area contributed by atoms with Crippen molar-refractivity contribution in [1.82, 2.24) is 14.3 Å². The number of hydrogen-bond donors (Lipinski definition) is 2. The van der Waals surface area contributed by atoms with Gasteiger partial charge >= 0.3 is 5.97 Å². The summed E-state index contributed by atoms with van der Waals surface area (Å²) in [5, 5.41) is 0.696. The van der Waals surface area contributed by atoms with Crippen LogP contribution in [-0.4, -0.2) is 36.5 Å². The SMILES string of the molecule is CCOC(=O)Cc1cccc(S(=O)(=O)NC(=O)c2c(-c3ccc[nH]c3=O)c3cc(Cl)ccc3n2Cc2ccccc2F)c1. The number of rotatable bonds is 9. The Balaban J connectivity index is 1.67. The van der Waals surface area contributed by atoms with Gasteiger partial charge in [0, 0.05) is 38.8 Å². The zero-order valence-corrected chi connectivity index (χ0v) is 24.3. The number of fused-ring (bicyclic) bond motifs is 1. The fourth-order valence-electron chi connectivity index (χ4n) is 4.85. The molecule has 0 saturated carbocycles. The number of aromatic amines is 1. The number of nitrogens with one attached hydrogen (secondary N) is 2. The van der Waals surface area contributed by atoms with Gasteiger partial charge in [-0.05, 0) is 61.0 Å². The molecule has 220 valence electrons. The van der Waals surface area contributed by atoms with Crippen LogP contribution in [0.2, 0.25) is 5.02 Å². The van der Waals surface area contributed by atoms with Gasteiger partial charge in [-0.1, -0.05) is 41.9 Å². The Morgan fingerprint density at radius 2 is 1.81 bits per heavy atom. The minimum Gasteiger partial charge on any atom is -0.466 e. The lowest BCUT2D eigenvalue weighted by Gasteiger charge is -2.14. The third-order valence-corrected chi connectivity index (χ3v) is 8.27. The van der Waals surface area contributed by atoms with E-state index in [1.807, 2.05) is 0 Å². The Labute approximate surface area is 250 Å². The van der Waals surface area contributed by atoms with Crippen molar-refractivity contribution in [2.75, 3.05) is 6.61 Å². The summed E-state index contributed by atoms with van der Waals surface area (Å²) in [6.07, 6.45) is 1.26. The van der Waals surface area contributed by atoms with Crippen molar-refractivity contribution in [3.8, 4) is 11.1 Å². The number of aromatic nitrogens is 2. The van der Waals surface area contributed by atoms with Crippen LogP contribution in [0.5, 0.6) is 0 Å². The largest absolute Gasteiger partial charge is 0.466 e. The summed E-state index contributed by atoms with van der Waals surface area (Å²) in [6.45, 7) is 1.67. The molecule has 0 aliphatic rings. The number of amides is 1. The molecule has 5 rings (SSSR count). The summed E-state index contributed by atoms with van der Waals surface area (Å²) < 4.78 is 50.3. The van der Waals surface area contributed by atoms with Gasteiger partial charge in [-0.15, -0.1) is 0 Å². The van der Waals surface area contributed by atoms with E-state index in [1.165, 1.54) is 47.2 Å². The van der Waals surface area contributed by atoms with Gasteiger partial charge in [-0.25, -0.2) is 17.5 Å². The highest BCUT2D eigenvalue weighted by molar-refractivity contribution is 7.90. The van der Waals surface area contributed by atoms with Gasteiger partial charge < -0.3 is 14.3 Å². The van der Waals surface area contributed by atoms with E-state index in [-0.39, 0.29) is 46.9 Å². The standard InChI is InChI=1S/C31H25ClFN3O6S/c1-2-42-27(37)16-19-7-5-9-22(15-19)43(40,41)35-31(39)29-28(23-10-6-14-34-30(23)38)24-17-21(32)12-13-26(24)36(29)18-20-8-3-4-11-25(20)33/h3-15,17H,2,16,18H2,1H3,(H,34,38)(H,35,39). The van der Waals surface area contributed by atoms with Gasteiger partial charge in [0.15, 0.2) is 0 Å². The van der Waals surface area contributed by atoms with Gasteiger partial charge in [0.1, 0.15) is 11.5 Å². The molecule has 0 bridgehead atoms. The number of pyridine rings is 1. The smallest absolute Gasteiger partial charge is 0.310 e. The molecule has 2 N–H and O–H groups in total. The van der Waals surface area contributed by atoms with E-state index in [4.69, 9.17) is 16.3 Å². The number of sulfonamides is 1. The third-order valence-electron chi connectivity index (χ3n) is 6.70. The van der Waals surface area contributed by atoms with Crippen LogP contribution in [0.25, 0.3) is 22.0 Å². The lowest BCUT2D eigenvalue weighted by atomic mass is 10.0. The summed E-state index contributed by atoms with van der Waals surface area (Å²) in [7, 11) is -4.48. The maximum Gasteiger partial charge on any atom is 0.310 e. The molecule has 1 amide bonds. The highest BCUT2D eigenvalue weighted by atomic mass is 35.5. The van der Waals surface area contributed by atoms with Crippen LogP contribution in [0.3, 0.4) is 0 Å². The summed E-state index contributed by atoms with van der Waals surface area (Å²) in [5.74, 6) is -2.12. The van der Waals surface area contributed by atoms with E-state index in [1.54, 1.807) is 49.4 Å². The maximum absolute atomic E-state index is 14.8. The highest BCUT2D eigenvalue weighted by Gasteiger charge is 2.29. The van der Waals surface area contributed by atoms with E-state index in [2.05, 4.69) is 9.71 Å². The molecule has 2 heterocycles. The van der Waals surface area contributed by atoms with Crippen LogP contribution in [0, 0.1) is 5.82 Å². The molecule has 0 fully saturated rings. The van der Waals surface area contributed by atoms with Gasteiger partial charge in [-0.2, -0.15) is 0 Å². The third kappa shape index (κ3) is 6.23. The summed E-state index contributed by atoms with van der Waals surface area (Å²) >= 11 is 6.32. The van der Waals surface area contributed by atoms with Gasteiger partial charge in [0.2, 0.25) is 0 Å². The second kappa shape index (κ2) is 12.2. The number of hydrogen-bond acceptors (Lipinski definition) is 6. The van der Waals surface area contributed by atoms with Crippen molar-refractivity contribution in [1.29, 1.82) is 0 Å². The predicted molar refractivity (Wildman–Crippen MR) is 160 cm³/mol. The molecule has 5 aromatic rings. The normalized spacial score (nSPS) is 11.4. The number of carbonyl (C=O) groups excluding carboxylic acids is 2. The van der Waals surface area contributed by atoms with Crippen LogP contribution < -0.4 is 10.3 Å². The monoisotopic (exact) mass is 621 g/mol. The molecule has 43 heavy (non-hydrogen) atoms. The second-order valence-electron chi connectivity index (χ2n) is 9.54. The van der Waals surface area contributed by atoms with Gasteiger partial charge in [0.25, 0.3) is 21.5 Å². The average Bonchev–Trinajstić information content (AvgIpc) is 3.27. The first-order chi connectivity index (χ1) is 20.6. The Bertz CT molecular complexity index is 2040. The fourth-order valence-corrected chi connectivity index (χ4v) is 6.04. The van der Waals surface area contributed by atoms with E-state index in [0.29, 0.717) is 21.5 Å². The fraction of sp³-hybridized carbons (Fsp3) is 0.129. The number of halogens is 2. The van der Waals surface area contributed by atoms with E-state index in [9.17, 15) is 27.2 Å². The molecule has 0 aliphatic heterocycles. The Morgan fingerprint density at radius 3 is 2.56 bits per heavy atom. The molecule has 12 heteroatoms. The van der Waals surface area contributed by atoms with Crippen molar-refractivity contribution < 1.29 is 27.1 Å². The van der Waals surface area contributed by atoms with Crippen molar-refractivity contribution >= 4 is 44.4 Å². The Kier molecular flexibility index (Phi) is 8.47. The Hall–Kier alpha value is -4.74. The number of benzene rings is 3. The highest BCUT2D eigenvalue weighted by Crippen LogP contribution is 2.36. The number of ether oxygens (including phenoxy) is 1. The topological polar surface area (TPSA) is 127 Å². The van der Waals surface area contributed by atoms with Crippen molar-refractivity contribution in [3.05, 3.63) is 123 Å². The quantitative estimate of drug-likeness (QED) is 0.222. The molecule has 0 radical (unpaired) electrons. The zero-order valence-electron chi connectivity index (χ0n) is 22.8. The second-order valence-corrected chi connectivity index (χ2v) is 11.7. The van der Waals surface area contributed by atoms with E-state index < -0.39 is 33.3 Å². The predicted octanol–water partition coefficient (Wildman–Crippen LogP) is 5.06. The summed E-state index contributed by atoms with van der Waals surface area (Å²) in [4.78, 5) is 41.2. The first-order valence-electron chi connectivity index (χ1n) is 13.1. The van der Waals surface area contributed by atoms with Crippen LogP contribution in [0.4, 0.5) is 4.39 Å². The van der Waals surface area contributed by atoms with Gasteiger partial charge in [0.05, 0.1) is 24.5 Å². The number of esters is 1. The van der Waals surface area contributed by atoms with Crippen molar-refractivity contribution in [2.24, 2.45) is 0 Å².